The van der Waals surface area contributed by atoms with Crippen LogP contribution in [-0.2, 0) is 9.53 Å². The molecule has 1 atom stereocenters. The third-order valence-electron chi connectivity index (χ3n) is 5.62. The van der Waals surface area contributed by atoms with Crippen LogP contribution in [0, 0.1) is 12.8 Å². The third-order valence-corrected chi connectivity index (χ3v) is 5.62. The second-order valence-corrected chi connectivity index (χ2v) is 8.77. The van der Waals surface area contributed by atoms with Gasteiger partial charge in [0.2, 0.25) is 5.89 Å². The molecule has 0 radical (unpaired) electrons. The number of aromatic nitrogens is 2. The van der Waals surface area contributed by atoms with Crippen molar-refractivity contribution in [2.45, 2.75) is 72.6 Å². The Kier molecular flexibility index (Phi) is 12.6. The van der Waals surface area contributed by atoms with Crippen LogP contribution in [0.5, 0.6) is 5.75 Å². The lowest BCUT2D eigenvalue weighted by Gasteiger charge is -2.14. The lowest BCUT2D eigenvalue weighted by atomic mass is 10.0. The van der Waals surface area contributed by atoms with Crippen LogP contribution in [0.4, 0.5) is 24.9 Å². The Morgan fingerprint density at radius 3 is 2.34 bits per heavy atom. The molecule has 0 aliphatic rings. The number of benzene rings is 2. The fourth-order valence-corrected chi connectivity index (χ4v) is 3.44. The minimum atomic E-state index is -4.72. The number of carbonyl (C=O) groups is 1. The Hall–Kier alpha value is -3.56. The molecule has 0 aliphatic carbocycles. The van der Waals surface area contributed by atoms with Gasteiger partial charge in [0, 0.05) is 17.7 Å². The molecule has 7 nitrogen and oxygen atoms in total. The Morgan fingerprint density at radius 1 is 1.03 bits per heavy atom. The van der Waals surface area contributed by atoms with Gasteiger partial charge in [0.15, 0.2) is 0 Å². The first kappa shape index (κ1) is 30.7. The van der Waals surface area contributed by atoms with Crippen molar-refractivity contribution < 1.29 is 31.9 Å². The number of hydrogen-bond donors (Lipinski definition) is 1. The molecule has 2 aromatic carbocycles. The van der Waals surface area contributed by atoms with Gasteiger partial charge in [0.25, 0.3) is 0 Å². The van der Waals surface area contributed by atoms with E-state index in [0.717, 1.165) is 24.0 Å². The Morgan fingerprint density at radius 2 is 1.74 bits per heavy atom. The number of halogens is 3. The maximum Gasteiger partial charge on any atom is 0.573 e. The molecule has 0 saturated heterocycles. The summed E-state index contributed by atoms with van der Waals surface area (Å²) in [4.78, 5) is 11.1. The van der Waals surface area contributed by atoms with Crippen molar-refractivity contribution in [3.8, 4) is 17.2 Å². The van der Waals surface area contributed by atoms with Crippen molar-refractivity contribution >= 4 is 17.7 Å². The van der Waals surface area contributed by atoms with Crippen LogP contribution in [0.2, 0.25) is 0 Å². The van der Waals surface area contributed by atoms with E-state index in [9.17, 15) is 18.0 Å². The zero-order valence-electron chi connectivity index (χ0n) is 22.3. The molecule has 1 N–H and O–H groups in total. The van der Waals surface area contributed by atoms with Gasteiger partial charge >= 0.3 is 18.3 Å². The quantitative estimate of drug-likeness (QED) is 0.234. The first-order valence-corrected chi connectivity index (χ1v) is 12.8. The molecule has 0 spiro atoms. The molecule has 0 aliphatic heterocycles. The van der Waals surface area contributed by atoms with Crippen molar-refractivity contribution in [1.29, 1.82) is 0 Å². The minimum absolute atomic E-state index is 0.0394. The maximum atomic E-state index is 12.1. The molecule has 3 rings (SSSR count). The summed E-state index contributed by atoms with van der Waals surface area (Å²) in [5.74, 6) is 0.574. The average molecular weight is 536 g/mol. The molecule has 0 amide bonds. The Labute approximate surface area is 221 Å². The topological polar surface area (TPSA) is 86.5 Å². The predicted molar refractivity (Wildman–Crippen MR) is 140 cm³/mol. The standard InChI is InChI=1S/C16H12F3N3O2.C12H24O2/c1-10-4-2-3-5-13(10)14-21-22-15(23-14)20-11-6-8-12(9-7-11)24-16(17,18)19;1-4-7-9-11(6-3)10-14-12(13)8-5-2/h2-9H,1H3,(H,20,22);11H,4-10H2,1-3H3. The molecule has 10 heteroatoms. The first-order valence-electron chi connectivity index (χ1n) is 12.8. The van der Waals surface area contributed by atoms with E-state index in [1.807, 2.05) is 38.1 Å². The second-order valence-electron chi connectivity index (χ2n) is 8.77. The van der Waals surface area contributed by atoms with E-state index < -0.39 is 6.36 Å². The van der Waals surface area contributed by atoms with Crippen molar-refractivity contribution in [3.63, 3.8) is 0 Å². The van der Waals surface area contributed by atoms with Crippen molar-refractivity contribution in [2.24, 2.45) is 5.92 Å². The molecule has 1 unspecified atom stereocenters. The van der Waals surface area contributed by atoms with Crippen LogP contribution in [0.1, 0.15) is 64.9 Å². The van der Waals surface area contributed by atoms with Gasteiger partial charge in [-0.25, -0.2) is 0 Å². The lowest BCUT2D eigenvalue weighted by Crippen LogP contribution is -2.16. The number of nitrogens with zero attached hydrogens (tertiary/aromatic N) is 2. The predicted octanol–water partition coefficient (Wildman–Crippen LogP) is 8.23. The Bertz CT molecular complexity index is 1100. The van der Waals surface area contributed by atoms with Crippen LogP contribution in [0.25, 0.3) is 11.5 Å². The number of carbonyl (C=O) groups excluding carboxylic acids is 1. The summed E-state index contributed by atoms with van der Waals surface area (Å²) in [6, 6.07) is 12.9. The van der Waals surface area contributed by atoms with E-state index in [-0.39, 0.29) is 17.7 Å². The fourth-order valence-electron chi connectivity index (χ4n) is 3.44. The highest BCUT2D eigenvalue weighted by Gasteiger charge is 2.31. The lowest BCUT2D eigenvalue weighted by molar-refractivity contribution is -0.274. The maximum absolute atomic E-state index is 12.1. The van der Waals surface area contributed by atoms with Crippen LogP contribution in [-0.4, -0.2) is 29.1 Å². The number of esters is 1. The number of hydrogen-bond acceptors (Lipinski definition) is 7. The number of unbranched alkanes of at least 4 members (excludes halogenated alkanes) is 1. The average Bonchev–Trinajstić information content (AvgIpc) is 3.33. The smallest absolute Gasteiger partial charge is 0.465 e. The summed E-state index contributed by atoms with van der Waals surface area (Å²) in [5.41, 5.74) is 2.29. The van der Waals surface area contributed by atoms with Gasteiger partial charge in [-0.2, -0.15) is 0 Å². The largest absolute Gasteiger partial charge is 0.573 e. The van der Waals surface area contributed by atoms with Crippen LogP contribution >= 0.6 is 0 Å². The monoisotopic (exact) mass is 535 g/mol. The molecule has 3 aromatic rings. The highest BCUT2D eigenvalue weighted by molar-refractivity contribution is 5.69. The van der Waals surface area contributed by atoms with E-state index in [4.69, 9.17) is 9.15 Å². The van der Waals surface area contributed by atoms with E-state index in [1.54, 1.807) is 0 Å². The SMILES string of the molecule is CCCCC(CC)COC(=O)CCC.Cc1ccccc1-c1nnc(Nc2ccc(OC(F)(F)F)cc2)o1. The van der Waals surface area contributed by atoms with Gasteiger partial charge in [-0.1, -0.05) is 63.3 Å². The normalized spacial score (nSPS) is 11.8. The molecule has 0 fully saturated rings. The van der Waals surface area contributed by atoms with Crippen molar-refractivity contribution in [3.05, 3.63) is 54.1 Å². The van der Waals surface area contributed by atoms with Crippen molar-refractivity contribution in [2.75, 3.05) is 11.9 Å². The van der Waals surface area contributed by atoms with Gasteiger partial charge in [-0.15, -0.1) is 18.3 Å². The summed E-state index contributed by atoms with van der Waals surface area (Å²) >= 11 is 0. The van der Waals surface area contributed by atoms with Gasteiger partial charge in [-0.05, 0) is 61.6 Å². The highest BCUT2D eigenvalue weighted by atomic mass is 19.4. The van der Waals surface area contributed by atoms with E-state index >= 15 is 0 Å². The number of ether oxygens (including phenoxy) is 2. The summed E-state index contributed by atoms with van der Waals surface area (Å²) in [5, 5.41) is 10.7. The second kappa shape index (κ2) is 15.6. The third kappa shape index (κ3) is 11.2. The van der Waals surface area contributed by atoms with Gasteiger partial charge in [0.1, 0.15) is 5.75 Å². The van der Waals surface area contributed by atoms with Crippen LogP contribution in [0.15, 0.2) is 52.9 Å². The van der Waals surface area contributed by atoms with Gasteiger partial charge < -0.3 is 19.2 Å². The zero-order chi connectivity index (χ0) is 28.0. The molecule has 1 heterocycles. The van der Waals surface area contributed by atoms with E-state index in [1.165, 1.54) is 43.5 Å². The van der Waals surface area contributed by atoms with Crippen LogP contribution in [0.3, 0.4) is 0 Å². The Balaban J connectivity index is 0.000000312. The molecule has 38 heavy (non-hydrogen) atoms. The van der Waals surface area contributed by atoms with Gasteiger partial charge in [-0.3, -0.25) is 4.79 Å². The summed E-state index contributed by atoms with van der Waals surface area (Å²) < 4.78 is 50.9. The van der Waals surface area contributed by atoms with E-state index in [2.05, 4.69) is 34.1 Å². The molecule has 208 valence electrons. The number of aryl methyl sites for hydroxylation is 1. The first-order chi connectivity index (χ1) is 18.1. The molecule has 0 saturated carbocycles. The number of rotatable bonds is 12. The fraction of sp³-hybridized carbons (Fsp3) is 0.464. The van der Waals surface area contributed by atoms with Crippen molar-refractivity contribution in [1.82, 2.24) is 10.2 Å². The molecule has 1 aromatic heterocycles. The number of anilines is 2. The molecule has 0 bridgehead atoms. The molecular formula is C28H36F3N3O4. The van der Waals surface area contributed by atoms with Gasteiger partial charge in [0.05, 0.1) is 6.61 Å². The number of nitrogens with one attached hydrogen (secondary N) is 1. The molecular weight excluding hydrogens is 499 g/mol. The zero-order valence-corrected chi connectivity index (χ0v) is 22.3. The summed E-state index contributed by atoms with van der Waals surface area (Å²) in [7, 11) is 0. The minimum Gasteiger partial charge on any atom is -0.465 e. The summed E-state index contributed by atoms with van der Waals surface area (Å²) in [6.07, 6.45) is 1.48. The summed E-state index contributed by atoms with van der Waals surface area (Å²) in [6.45, 7) is 8.89. The number of alkyl halides is 3. The highest BCUT2D eigenvalue weighted by Crippen LogP contribution is 2.27. The van der Waals surface area contributed by atoms with Crippen LogP contribution < -0.4 is 10.1 Å². The van der Waals surface area contributed by atoms with E-state index in [0.29, 0.717) is 30.5 Å².